The van der Waals surface area contributed by atoms with Crippen molar-refractivity contribution in [2.75, 3.05) is 0 Å². The molecule has 0 saturated heterocycles. The van der Waals surface area contributed by atoms with Gasteiger partial charge in [0.15, 0.2) is 0 Å². The highest BCUT2D eigenvalue weighted by Gasteiger charge is 2.14. The van der Waals surface area contributed by atoms with E-state index in [1.54, 1.807) is 0 Å². The molecule has 0 amide bonds. The molecule has 1 aromatic heterocycles. The summed E-state index contributed by atoms with van der Waals surface area (Å²) in [6, 6.07) is 16.4. The second-order valence-corrected chi connectivity index (χ2v) is 7.08. The summed E-state index contributed by atoms with van der Waals surface area (Å²) in [7, 11) is 0. The van der Waals surface area contributed by atoms with Crippen LogP contribution < -0.4 is 0 Å². The summed E-state index contributed by atoms with van der Waals surface area (Å²) in [6.45, 7) is 3.26. The average Bonchev–Trinajstić information content (AvgIpc) is 3.00. The maximum atomic E-state index is 6.44. The minimum absolute atomic E-state index is 0.763. The molecule has 0 N–H and O–H groups in total. The smallest absolute Gasteiger partial charge is 0.142 e. The van der Waals surface area contributed by atoms with Gasteiger partial charge in [-0.1, -0.05) is 81.3 Å². The molecule has 2 nitrogen and oxygen atoms in total. The van der Waals surface area contributed by atoms with Crippen molar-refractivity contribution in [3.8, 4) is 11.4 Å². The van der Waals surface area contributed by atoms with E-state index < -0.39 is 0 Å². The number of fused-ring (bicyclic) bond motifs is 1. The molecular weight excluding hydrogens is 328 g/mol. The first-order valence-electron chi connectivity index (χ1n) is 9.51. The number of hydrogen-bond acceptors (Lipinski definition) is 1. The fourth-order valence-corrected chi connectivity index (χ4v) is 3.60. The summed E-state index contributed by atoms with van der Waals surface area (Å²) >= 11 is 6.44. The van der Waals surface area contributed by atoms with Crippen LogP contribution in [-0.4, -0.2) is 9.55 Å². The third-order valence-electron chi connectivity index (χ3n) is 4.75. The number of benzene rings is 2. The highest BCUT2D eigenvalue weighted by Crippen LogP contribution is 2.30. The second kappa shape index (κ2) is 9.05. The molecule has 3 heteroatoms. The van der Waals surface area contributed by atoms with Crippen molar-refractivity contribution >= 4 is 22.6 Å². The monoisotopic (exact) mass is 354 g/mol. The predicted octanol–water partition coefficient (Wildman–Crippen LogP) is 7.11. The Morgan fingerprint density at radius 3 is 2.32 bits per heavy atom. The quantitative estimate of drug-likeness (QED) is 0.374. The van der Waals surface area contributed by atoms with E-state index in [4.69, 9.17) is 16.6 Å². The Kier molecular flexibility index (Phi) is 6.52. The number of rotatable bonds is 9. The van der Waals surface area contributed by atoms with Crippen LogP contribution in [0.25, 0.3) is 22.4 Å². The lowest BCUT2D eigenvalue weighted by molar-refractivity contribution is 0.557. The van der Waals surface area contributed by atoms with Crippen LogP contribution in [-0.2, 0) is 6.54 Å². The van der Waals surface area contributed by atoms with E-state index in [9.17, 15) is 0 Å². The maximum absolute atomic E-state index is 6.44. The van der Waals surface area contributed by atoms with E-state index in [1.807, 2.05) is 24.3 Å². The van der Waals surface area contributed by atoms with E-state index in [2.05, 4.69) is 35.8 Å². The fraction of sp³-hybridized carbons (Fsp3) is 0.409. The first-order chi connectivity index (χ1) is 12.3. The fourth-order valence-electron chi connectivity index (χ4n) is 3.38. The van der Waals surface area contributed by atoms with Gasteiger partial charge < -0.3 is 4.57 Å². The number of para-hydroxylation sites is 2. The third kappa shape index (κ3) is 4.43. The van der Waals surface area contributed by atoms with E-state index >= 15 is 0 Å². The van der Waals surface area contributed by atoms with Crippen LogP contribution in [0, 0.1) is 0 Å². The zero-order chi connectivity index (χ0) is 17.5. The van der Waals surface area contributed by atoms with Gasteiger partial charge in [-0.3, -0.25) is 0 Å². The number of aromatic nitrogens is 2. The third-order valence-corrected chi connectivity index (χ3v) is 5.08. The molecule has 0 bridgehead atoms. The lowest BCUT2D eigenvalue weighted by Gasteiger charge is -2.10. The Bertz CT molecular complexity index is 807. The van der Waals surface area contributed by atoms with Crippen molar-refractivity contribution in [3.05, 3.63) is 53.6 Å². The Balaban J connectivity index is 1.76. The average molecular weight is 355 g/mol. The minimum atomic E-state index is 0.763. The van der Waals surface area contributed by atoms with Crippen LogP contribution in [0.3, 0.4) is 0 Å². The molecule has 0 aliphatic heterocycles. The summed E-state index contributed by atoms with van der Waals surface area (Å²) in [5.41, 5.74) is 3.26. The van der Waals surface area contributed by atoms with Crippen molar-refractivity contribution < 1.29 is 0 Å². The van der Waals surface area contributed by atoms with Crippen molar-refractivity contribution in [3.63, 3.8) is 0 Å². The standard InChI is InChI=1S/C22H27ClN2/c1-2-3-4-5-6-7-12-17-25-21-16-11-10-15-20(21)24-22(25)18-13-8-9-14-19(18)23/h8-11,13-16H,2-7,12,17H2,1H3. The van der Waals surface area contributed by atoms with Gasteiger partial charge in [0.2, 0.25) is 0 Å². The first kappa shape index (κ1) is 18.0. The zero-order valence-corrected chi connectivity index (χ0v) is 15.8. The van der Waals surface area contributed by atoms with Crippen molar-refractivity contribution in [2.24, 2.45) is 0 Å². The van der Waals surface area contributed by atoms with Gasteiger partial charge in [-0.25, -0.2) is 4.98 Å². The molecule has 0 aliphatic carbocycles. The number of nitrogens with zero attached hydrogens (tertiary/aromatic N) is 2. The molecule has 2 aromatic carbocycles. The minimum Gasteiger partial charge on any atom is -0.324 e. The van der Waals surface area contributed by atoms with Gasteiger partial charge in [-0.15, -0.1) is 0 Å². The summed E-state index contributed by atoms with van der Waals surface area (Å²) < 4.78 is 2.34. The van der Waals surface area contributed by atoms with Gasteiger partial charge in [0, 0.05) is 12.1 Å². The summed E-state index contributed by atoms with van der Waals surface area (Å²) in [5.74, 6) is 0.984. The molecule has 0 spiro atoms. The first-order valence-corrected chi connectivity index (χ1v) is 9.89. The molecule has 132 valence electrons. The van der Waals surface area contributed by atoms with E-state index in [0.29, 0.717) is 0 Å². The van der Waals surface area contributed by atoms with Gasteiger partial charge in [0.25, 0.3) is 0 Å². The Labute approximate surface area is 155 Å². The Morgan fingerprint density at radius 2 is 1.52 bits per heavy atom. The second-order valence-electron chi connectivity index (χ2n) is 6.68. The Morgan fingerprint density at radius 1 is 0.840 bits per heavy atom. The van der Waals surface area contributed by atoms with Gasteiger partial charge in [-0.2, -0.15) is 0 Å². The van der Waals surface area contributed by atoms with Crippen molar-refractivity contribution in [2.45, 2.75) is 58.4 Å². The zero-order valence-electron chi connectivity index (χ0n) is 15.0. The van der Waals surface area contributed by atoms with E-state index in [0.717, 1.165) is 28.5 Å². The molecule has 0 radical (unpaired) electrons. The van der Waals surface area contributed by atoms with Crippen molar-refractivity contribution in [1.82, 2.24) is 9.55 Å². The topological polar surface area (TPSA) is 17.8 Å². The molecule has 0 unspecified atom stereocenters. The molecule has 25 heavy (non-hydrogen) atoms. The van der Waals surface area contributed by atoms with Crippen molar-refractivity contribution in [1.29, 1.82) is 0 Å². The predicted molar refractivity (Wildman–Crippen MR) is 108 cm³/mol. The molecule has 0 fully saturated rings. The molecule has 1 heterocycles. The normalized spacial score (nSPS) is 11.3. The Hall–Kier alpha value is -1.80. The maximum Gasteiger partial charge on any atom is 0.142 e. The number of aryl methyl sites for hydroxylation is 1. The highest BCUT2D eigenvalue weighted by atomic mass is 35.5. The highest BCUT2D eigenvalue weighted by molar-refractivity contribution is 6.33. The van der Waals surface area contributed by atoms with Crippen LogP contribution in [0.4, 0.5) is 0 Å². The molecule has 3 aromatic rings. The number of imidazole rings is 1. The molecular formula is C22H27ClN2. The van der Waals surface area contributed by atoms with E-state index in [1.165, 1.54) is 50.5 Å². The number of hydrogen-bond donors (Lipinski definition) is 0. The molecule has 0 saturated carbocycles. The van der Waals surface area contributed by atoms with Crippen LogP contribution in [0.5, 0.6) is 0 Å². The summed E-state index contributed by atoms with van der Waals surface area (Å²) in [4.78, 5) is 4.86. The summed E-state index contributed by atoms with van der Waals surface area (Å²) in [6.07, 6.45) is 9.19. The van der Waals surface area contributed by atoms with Crippen LogP contribution in [0.15, 0.2) is 48.5 Å². The van der Waals surface area contributed by atoms with Gasteiger partial charge >= 0.3 is 0 Å². The van der Waals surface area contributed by atoms with Crippen LogP contribution in [0.2, 0.25) is 5.02 Å². The van der Waals surface area contributed by atoms with Gasteiger partial charge in [0.05, 0.1) is 16.1 Å². The number of unbranched alkanes of at least 4 members (excludes halogenated alkanes) is 6. The molecule has 3 rings (SSSR count). The van der Waals surface area contributed by atoms with Crippen LogP contribution in [0.1, 0.15) is 51.9 Å². The molecule has 0 aliphatic rings. The summed E-state index contributed by atoms with van der Waals surface area (Å²) in [5, 5.41) is 0.763. The molecule has 0 atom stereocenters. The number of halogens is 1. The lowest BCUT2D eigenvalue weighted by Crippen LogP contribution is -2.01. The van der Waals surface area contributed by atoms with E-state index in [-0.39, 0.29) is 0 Å². The van der Waals surface area contributed by atoms with Gasteiger partial charge in [0.1, 0.15) is 5.82 Å². The largest absolute Gasteiger partial charge is 0.324 e. The van der Waals surface area contributed by atoms with Crippen LogP contribution >= 0.6 is 11.6 Å². The van der Waals surface area contributed by atoms with Gasteiger partial charge in [-0.05, 0) is 30.7 Å². The lowest BCUT2D eigenvalue weighted by atomic mass is 10.1. The SMILES string of the molecule is CCCCCCCCCn1c(-c2ccccc2Cl)nc2ccccc21.